The first-order valence-electron chi connectivity index (χ1n) is 21.8. The molecule has 1 aliphatic carbocycles. The molecule has 300 valence electrons. The first-order valence-corrected chi connectivity index (χ1v) is 21.8. The van der Waals surface area contributed by atoms with E-state index < -0.39 is 0 Å². The van der Waals surface area contributed by atoms with Crippen LogP contribution >= 0.6 is 0 Å². The van der Waals surface area contributed by atoms with E-state index in [1.165, 1.54) is 33.2 Å². The molecule has 0 fully saturated rings. The van der Waals surface area contributed by atoms with E-state index in [0.717, 1.165) is 87.8 Å². The molecule has 0 unspecified atom stereocenters. The van der Waals surface area contributed by atoms with Gasteiger partial charge >= 0.3 is 0 Å². The second-order valence-corrected chi connectivity index (χ2v) is 17.6. The maximum Gasteiger partial charge on any atom is 0.238 e. The molecule has 0 saturated heterocycles. The van der Waals surface area contributed by atoms with E-state index in [2.05, 4.69) is 164 Å². The first kappa shape index (κ1) is 35.3. The molecule has 14 rings (SSSR count). The zero-order valence-corrected chi connectivity index (χ0v) is 34.9. The number of fused-ring (bicyclic) bond motifs is 13. The van der Waals surface area contributed by atoms with Crippen molar-refractivity contribution in [1.82, 2.24) is 19.5 Å². The summed E-state index contributed by atoms with van der Waals surface area (Å²) >= 11 is 0. The van der Waals surface area contributed by atoms with Gasteiger partial charge in [-0.05, 0) is 87.1 Å². The van der Waals surface area contributed by atoms with Gasteiger partial charge in [0.05, 0.1) is 11.0 Å². The van der Waals surface area contributed by atoms with Crippen LogP contribution in [0.1, 0.15) is 25.0 Å². The largest absolute Gasteiger partial charge is 0.456 e. The highest BCUT2D eigenvalue weighted by Crippen LogP contribution is 2.53. The summed E-state index contributed by atoms with van der Waals surface area (Å²) in [7, 11) is 0. The third-order valence-corrected chi connectivity index (χ3v) is 13.6. The summed E-state index contributed by atoms with van der Waals surface area (Å²) in [5, 5.41) is 8.80. The Morgan fingerprint density at radius 2 is 0.922 bits per heavy atom. The summed E-state index contributed by atoms with van der Waals surface area (Å²) in [6.07, 6.45) is 0. The Labute approximate surface area is 366 Å². The number of aromatic nitrogens is 4. The van der Waals surface area contributed by atoms with Crippen LogP contribution in [0.25, 0.3) is 127 Å². The number of hydrogen-bond donors (Lipinski definition) is 0. The van der Waals surface area contributed by atoms with Gasteiger partial charge in [0.2, 0.25) is 5.95 Å². The Balaban J connectivity index is 1.08. The lowest BCUT2D eigenvalue weighted by molar-refractivity contribution is 0.662. The number of para-hydroxylation sites is 3. The maximum absolute atomic E-state index is 6.42. The summed E-state index contributed by atoms with van der Waals surface area (Å²) in [6, 6.07) is 64.3. The molecular weight excluding hydrogens is 785 g/mol. The van der Waals surface area contributed by atoms with Gasteiger partial charge in [0.15, 0.2) is 11.6 Å². The molecule has 0 saturated carbocycles. The Morgan fingerprint density at radius 1 is 0.406 bits per heavy atom. The van der Waals surface area contributed by atoms with E-state index in [0.29, 0.717) is 17.6 Å². The van der Waals surface area contributed by atoms with Gasteiger partial charge in [0.1, 0.15) is 22.3 Å². The molecule has 0 aliphatic heterocycles. The number of nitrogens with zero attached hydrogens (tertiary/aromatic N) is 4. The minimum absolute atomic E-state index is 0.228. The van der Waals surface area contributed by atoms with Crippen LogP contribution in [0.2, 0.25) is 0 Å². The van der Waals surface area contributed by atoms with Crippen molar-refractivity contribution in [3.63, 3.8) is 0 Å². The quantitative estimate of drug-likeness (QED) is 0.177. The normalized spacial score (nSPS) is 13.3. The third-order valence-electron chi connectivity index (χ3n) is 13.6. The molecule has 0 atom stereocenters. The fourth-order valence-electron chi connectivity index (χ4n) is 10.7. The van der Waals surface area contributed by atoms with Gasteiger partial charge in [-0.3, -0.25) is 4.57 Å². The van der Waals surface area contributed by atoms with Gasteiger partial charge in [-0.2, -0.15) is 9.97 Å². The highest BCUT2D eigenvalue weighted by atomic mass is 16.3. The Morgan fingerprint density at radius 3 is 1.61 bits per heavy atom. The standard InChI is InChI=1S/C58H36N4O2/c1-58(2)47-22-8-5-15-37(47)42-18-11-19-43(53(42)58)44-20-12-21-45-46-29-33-13-3-4-14-34(33)30-48(46)62(54(44)45)57-60-55(35-25-27-40-38-16-6-9-23-49(38)63-51(40)31-35)59-56(61-57)36-26-28-41-39-17-7-10-24-50(39)64-52(41)32-36/h3-32H,1-2H3. The zero-order chi connectivity index (χ0) is 42.3. The lowest BCUT2D eigenvalue weighted by atomic mass is 9.78. The van der Waals surface area contributed by atoms with Crippen molar-refractivity contribution in [2.45, 2.75) is 19.3 Å². The lowest BCUT2D eigenvalue weighted by Gasteiger charge is -2.25. The van der Waals surface area contributed by atoms with Gasteiger partial charge < -0.3 is 8.83 Å². The molecule has 9 aromatic carbocycles. The predicted molar refractivity (Wildman–Crippen MR) is 260 cm³/mol. The lowest BCUT2D eigenvalue weighted by Crippen LogP contribution is -2.16. The maximum atomic E-state index is 6.42. The first-order chi connectivity index (χ1) is 31.5. The summed E-state index contributed by atoms with van der Waals surface area (Å²) in [4.78, 5) is 16.2. The van der Waals surface area contributed by atoms with E-state index in [-0.39, 0.29) is 5.41 Å². The third kappa shape index (κ3) is 4.93. The van der Waals surface area contributed by atoms with Crippen LogP contribution < -0.4 is 0 Å². The molecule has 0 spiro atoms. The van der Waals surface area contributed by atoms with Gasteiger partial charge in [0, 0.05) is 54.4 Å². The van der Waals surface area contributed by atoms with E-state index in [1.54, 1.807) is 0 Å². The van der Waals surface area contributed by atoms with E-state index >= 15 is 0 Å². The number of furan rings is 2. The van der Waals surface area contributed by atoms with E-state index in [1.807, 2.05) is 36.4 Å². The van der Waals surface area contributed by atoms with Gasteiger partial charge in [0.25, 0.3) is 0 Å². The molecule has 4 aromatic heterocycles. The SMILES string of the molecule is CC1(C)c2ccccc2-c2cccc(-c3cccc4c5cc6ccccc6cc5n(-c5nc(-c6ccc7c(c6)oc6ccccc67)nc(-c6ccc7c(c6)oc6ccccc67)n5)c34)c21. The molecule has 0 radical (unpaired) electrons. The van der Waals surface area contributed by atoms with Gasteiger partial charge in [-0.25, -0.2) is 4.98 Å². The Kier molecular flexibility index (Phi) is 7.08. The van der Waals surface area contributed by atoms with Gasteiger partial charge in [-0.1, -0.05) is 147 Å². The van der Waals surface area contributed by atoms with Crippen molar-refractivity contribution < 1.29 is 8.83 Å². The average molecular weight is 821 g/mol. The van der Waals surface area contributed by atoms with Crippen LogP contribution in [0, 0.1) is 0 Å². The molecule has 6 heteroatoms. The van der Waals surface area contributed by atoms with Crippen LogP contribution in [0.15, 0.2) is 191 Å². The molecule has 13 aromatic rings. The fourth-order valence-corrected chi connectivity index (χ4v) is 10.7. The fraction of sp³-hybridized carbons (Fsp3) is 0.0517. The van der Waals surface area contributed by atoms with Crippen molar-refractivity contribution in [3.8, 4) is 51.0 Å². The van der Waals surface area contributed by atoms with Crippen molar-refractivity contribution in [2.75, 3.05) is 0 Å². The number of rotatable bonds is 4. The summed E-state index contributed by atoms with van der Waals surface area (Å²) in [6.45, 7) is 4.71. The van der Waals surface area contributed by atoms with Crippen LogP contribution in [0.4, 0.5) is 0 Å². The van der Waals surface area contributed by atoms with E-state index in [9.17, 15) is 0 Å². The smallest absolute Gasteiger partial charge is 0.238 e. The summed E-state index contributed by atoms with van der Waals surface area (Å²) in [5.41, 5.74) is 14.2. The predicted octanol–water partition coefficient (Wildman–Crippen LogP) is 15.2. The van der Waals surface area contributed by atoms with Crippen molar-refractivity contribution >= 4 is 76.5 Å². The molecule has 64 heavy (non-hydrogen) atoms. The van der Waals surface area contributed by atoms with Crippen molar-refractivity contribution in [3.05, 3.63) is 193 Å². The zero-order valence-electron chi connectivity index (χ0n) is 34.9. The average Bonchev–Trinajstić information content (AvgIpc) is 4.06. The highest BCUT2D eigenvalue weighted by Gasteiger charge is 2.38. The Hall–Kier alpha value is -8.35. The summed E-state index contributed by atoms with van der Waals surface area (Å²) in [5.74, 6) is 1.60. The molecule has 0 bridgehead atoms. The number of benzene rings is 9. The van der Waals surface area contributed by atoms with E-state index in [4.69, 9.17) is 23.8 Å². The van der Waals surface area contributed by atoms with Crippen LogP contribution in [-0.4, -0.2) is 19.5 Å². The molecular formula is C58H36N4O2. The molecule has 6 nitrogen and oxygen atoms in total. The monoisotopic (exact) mass is 820 g/mol. The minimum Gasteiger partial charge on any atom is -0.456 e. The summed E-state index contributed by atoms with van der Waals surface area (Å²) < 4.78 is 15.1. The topological polar surface area (TPSA) is 69.9 Å². The van der Waals surface area contributed by atoms with Crippen molar-refractivity contribution in [2.24, 2.45) is 0 Å². The second-order valence-electron chi connectivity index (χ2n) is 17.6. The van der Waals surface area contributed by atoms with Crippen molar-refractivity contribution in [1.29, 1.82) is 0 Å². The molecule has 0 N–H and O–H groups in total. The number of hydrogen-bond acceptors (Lipinski definition) is 5. The molecule has 1 aliphatic rings. The molecule has 4 heterocycles. The van der Waals surface area contributed by atoms with Crippen LogP contribution in [0.5, 0.6) is 0 Å². The van der Waals surface area contributed by atoms with Gasteiger partial charge in [-0.15, -0.1) is 0 Å². The Bertz CT molecular complexity index is 4000. The van der Waals surface area contributed by atoms with Crippen LogP contribution in [0.3, 0.4) is 0 Å². The second kappa shape index (κ2) is 12.8. The molecule has 0 amide bonds. The highest BCUT2D eigenvalue weighted by molar-refractivity contribution is 6.17. The van der Waals surface area contributed by atoms with Crippen LogP contribution in [-0.2, 0) is 5.41 Å². The minimum atomic E-state index is -0.228.